The number of aliphatic hydroxyl groups excluding tert-OH is 1. The van der Waals surface area contributed by atoms with Gasteiger partial charge in [0.25, 0.3) is 0 Å². The van der Waals surface area contributed by atoms with Crippen LogP contribution in [0.15, 0.2) is 6.20 Å². The van der Waals surface area contributed by atoms with Crippen molar-refractivity contribution in [1.82, 2.24) is 20.3 Å². The lowest BCUT2D eigenvalue weighted by molar-refractivity contribution is -0.120. The van der Waals surface area contributed by atoms with Gasteiger partial charge in [0.05, 0.1) is 5.69 Å². The Morgan fingerprint density at radius 1 is 1.56 bits per heavy atom. The van der Waals surface area contributed by atoms with Crippen molar-refractivity contribution < 1.29 is 9.90 Å². The minimum absolute atomic E-state index is 0.0422. The highest BCUT2D eigenvalue weighted by atomic mass is 16.2. The van der Waals surface area contributed by atoms with E-state index < -0.39 is 0 Å². The largest absolute Gasteiger partial charge is 0.396 e. The molecule has 90 valence electrons. The molecule has 1 aromatic heterocycles. The van der Waals surface area contributed by atoms with Crippen LogP contribution in [-0.2, 0) is 17.8 Å². The van der Waals surface area contributed by atoms with E-state index in [0.717, 1.165) is 18.5 Å². The number of rotatable bonds is 7. The molecule has 0 fully saturated rings. The number of hydrogen-bond acceptors (Lipinski definition) is 4. The number of aliphatic hydroxyl groups is 1. The molecule has 1 amide bonds. The van der Waals surface area contributed by atoms with Crippen LogP contribution in [0.5, 0.6) is 0 Å². The molecule has 0 saturated carbocycles. The molecule has 0 aliphatic rings. The minimum Gasteiger partial charge on any atom is -0.396 e. The molecule has 2 N–H and O–H groups in total. The average molecular weight is 226 g/mol. The summed E-state index contributed by atoms with van der Waals surface area (Å²) < 4.78 is 1.73. The maximum atomic E-state index is 11.0. The average Bonchev–Trinajstić information content (AvgIpc) is 2.74. The number of carbonyl (C=O) groups is 1. The fourth-order valence-corrected chi connectivity index (χ4v) is 1.35. The molecule has 1 aromatic rings. The van der Waals surface area contributed by atoms with E-state index in [1.165, 1.54) is 0 Å². The maximum absolute atomic E-state index is 11.0. The molecule has 0 aromatic carbocycles. The zero-order chi connectivity index (χ0) is 11.8. The minimum atomic E-state index is 0.0422. The SMILES string of the molecule is CNC(=O)CCCn1cc(CCCO)nn1. The van der Waals surface area contributed by atoms with Crippen LogP contribution in [-0.4, -0.2) is 39.7 Å². The summed E-state index contributed by atoms with van der Waals surface area (Å²) in [4.78, 5) is 11.0. The molecule has 0 saturated heterocycles. The van der Waals surface area contributed by atoms with Crippen molar-refractivity contribution in [2.75, 3.05) is 13.7 Å². The van der Waals surface area contributed by atoms with Crippen molar-refractivity contribution in [3.8, 4) is 0 Å². The zero-order valence-corrected chi connectivity index (χ0v) is 9.52. The molecule has 16 heavy (non-hydrogen) atoms. The third-order valence-electron chi connectivity index (χ3n) is 2.25. The van der Waals surface area contributed by atoms with Crippen LogP contribution in [0.2, 0.25) is 0 Å². The molecule has 6 nitrogen and oxygen atoms in total. The normalized spacial score (nSPS) is 10.4. The Kier molecular flexibility index (Phi) is 5.49. The van der Waals surface area contributed by atoms with Crippen LogP contribution in [0.3, 0.4) is 0 Å². The predicted octanol–water partition coefficient (Wildman–Crippen LogP) is -0.271. The summed E-state index contributed by atoms with van der Waals surface area (Å²) >= 11 is 0. The summed E-state index contributed by atoms with van der Waals surface area (Å²) in [6.07, 6.45) is 4.56. The van der Waals surface area contributed by atoms with Gasteiger partial charge in [-0.3, -0.25) is 9.48 Å². The Morgan fingerprint density at radius 2 is 2.38 bits per heavy atom. The van der Waals surface area contributed by atoms with Gasteiger partial charge in [0, 0.05) is 32.8 Å². The van der Waals surface area contributed by atoms with Crippen LogP contribution in [0.4, 0.5) is 0 Å². The Bertz CT molecular complexity index is 324. The number of nitrogens with one attached hydrogen (secondary N) is 1. The third-order valence-corrected chi connectivity index (χ3v) is 2.25. The van der Waals surface area contributed by atoms with Crippen LogP contribution >= 0.6 is 0 Å². The van der Waals surface area contributed by atoms with Crippen LogP contribution < -0.4 is 5.32 Å². The Labute approximate surface area is 94.7 Å². The molecule has 0 atom stereocenters. The molecular formula is C10H18N4O2. The summed E-state index contributed by atoms with van der Waals surface area (Å²) in [6, 6.07) is 0. The van der Waals surface area contributed by atoms with E-state index in [2.05, 4.69) is 15.6 Å². The van der Waals surface area contributed by atoms with E-state index in [9.17, 15) is 4.79 Å². The fourth-order valence-electron chi connectivity index (χ4n) is 1.35. The number of amides is 1. The Hall–Kier alpha value is -1.43. The van der Waals surface area contributed by atoms with E-state index in [0.29, 0.717) is 19.4 Å². The zero-order valence-electron chi connectivity index (χ0n) is 9.52. The lowest BCUT2D eigenvalue weighted by Crippen LogP contribution is -2.17. The summed E-state index contributed by atoms with van der Waals surface area (Å²) in [5.74, 6) is 0.0422. The standard InChI is InChI=1S/C10H18N4O2/c1-11-10(16)5-2-6-14-8-9(12-13-14)4-3-7-15/h8,15H,2-7H2,1H3,(H,11,16). The van der Waals surface area contributed by atoms with Gasteiger partial charge in [-0.05, 0) is 19.3 Å². The number of carbonyl (C=O) groups excluding carboxylic acids is 1. The molecule has 0 aliphatic heterocycles. The van der Waals surface area contributed by atoms with Crippen molar-refractivity contribution in [3.63, 3.8) is 0 Å². The quantitative estimate of drug-likeness (QED) is 0.670. The first kappa shape index (κ1) is 12.6. The molecule has 0 radical (unpaired) electrons. The van der Waals surface area contributed by atoms with E-state index in [-0.39, 0.29) is 12.5 Å². The fraction of sp³-hybridized carbons (Fsp3) is 0.700. The van der Waals surface area contributed by atoms with E-state index in [4.69, 9.17) is 5.11 Å². The van der Waals surface area contributed by atoms with Gasteiger partial charge >= 0.3 is 0 Å². The summed E-state index contributed by atoms with van der Waals surface area (Å²) in [6.45, 7) is 0.864. The molecule has 0 bridgehead atoms. The van der Waals surface area contributed by atoms with E-state index >= 15 is 0 Å². The molecule has 0 spiro atoms. The highest BCUT2D eigenvalue weighted by Gasteiger charge is 2.02. The van der Waals surface area contributed by atoms with Gasteiger partial charge in [0.15, 0.2) is 0 Å². The van der Waals surface area contributed by atoms with Crippen LogP contribution in [0.25, 0.3) is 0 Å². The first-order chi connectivity index (χ1) is 7.76. The lowest BCUT2D eigenvalue weighted by Gasteiger charge is -1.99. The second-order valence-corrected chi connectivity index (χ2v) is 3.58. The van der Waals surface area contributed by atoms with Crippen molar-refractivity contribution >= 4 is 5.91 Å². The van der Waals surface area contributed by atoms with Crippen molar-refractivity contribution in [2.45, 2.75) is 32.2 Å². The number of nitrogens with zero attached hydrogens (tertiary/aromatic N) is 3. The first-order valence-electron chi connectivity index (χ1n) is 5.46. The highest BCUT2D eigenvalue weighted by Crippen LogP contribution is 1.99. The van der Waals surface area contributed by atoms with Crippen LogP contribution in [0, 0.1) is 0 Å². The Morgan fingerprint density at radius 3 is 3.06 bits per heavy atom. The van der Waals surface area contributed by atoms with Crippen molar-refractivity contribution in [2.24, 2.45) is 0 Å². The monoisotopic (exact) mass is 226 g/mol. The van der Waals surface area contributed by atoms with Gasteiger partial charge in [-0.1, -0.05) is 5.21 Å². The molecule has 6 heteroatoms. The van der Waals surface area contributed by atoms with Crippen molar-refractivity contribution in [1.29, 1.82) is 0 Å². The number of hydrogen-bond donors (Lipinski definition) is 2. The van der Waals surface area contributed by atoms with Crippen molar-refractivity contribution in [3.05, 3.63) is 11.9 Å². The van der Waals surface area contributed by atoms with Gasteiger partial charge in [-0.15, -0.1) is 5.10 Å². The number of aromatic nitrogens is 3. The number of aryl methyl sites for hydroxylation is 2. The van der Waals surface area contributed by atoms with Gasteiger partial charge in [-0.2, -0.15) is 0 Å². The van der Waals surface area contributed by atoms with E-state index in [1.54, 1.807) is 11.7 Å². The molecular weight excluding hydrogens is 208 g/mol. The molecule has 1 heterocycles. The van der Waals surface area contributed by atoms with Gasteiger partial charge in [0.1, 0.15) is 0 Å². The third kappa shape index (κ3) is 4.39. The molecule has 0 unspecified atom stereocenters. The summed E-state index contributed by atoms with van der Waals surface area (Å²) in [7, 11) is 1.63. The summed E-state index contributed by atoms with van der Waals surface area (Å²) in [5.41, 5.74) is 0.883. The van der Waals surface area contributed by atoms with Gasteiger partial charge in [0.2, 0.25) is 5.91 Å². The first-order valence-corrected chi connectivity index (χ1v) is 5.46. The molecule has 0 aliphatic carbocycles. The maximum Gasteiger partial charge on any atom is 0.219 e. The Balaban J connectivity index is 2.26. The lowest BCUT2D eigenvalue weighted by atomic mass is 10.2. The van der Waals surface area contributed by atoms with Crippen LogP contribution in [0.1, 0.15) is 25.0 Å². The van der Waals surface area contributed by atoms with Gasteiger partial charge < -0.3 is 10.4 Å². The van der Waals surface area contributed by atoms with E-state index in [1.807, 2.05) is 6.20 Å². The second kappa shape index (κ2) is 6.95. The molecule has 1 rings (SSSR count). The summed E-state index contributed by atoms with van der Waals surface area (Å²) in [5, 5.41) is 19.2. The predicted molar refractivity (Wildman–Crippen MR) is 58.7 cm³/mol. The highest BCUT2D eigenvalue weighted by molar-refractivity contribution is 5.75. The topological polar surface area (TPSA) is 80.0 Å². The second-order valence-electron chi connectivity index (χ2n) is 3.58. The van der Waals surface area contributed by atoms with Gasteiger partial charge in [-0.25, -0.2) is 0 Å². The smallest absolute Gasteiger partial charge is 0.219 e.